The lowest BCUT2D eigenvalue weighted by molar-refractivity contribution is -0.119. The van der Waals surface area contributed by atoms with Gasteiger partial charge < -0.3 is 10.1 Å². The summed E-state index contributed by atoms with van der Waals surface area (Å²) >= 11 is 1.47. The number of nitrogens with zero attached hydrogens (tertiary/aromatic N) is 3. The minimum atomic E-state index is -0.631. The van der Waals surface area contributed by atoms with Gasteiger partial charge >= 0.3 is 5.97 Å². The number of hydrogen-bond acceptors (Lipinski definition) is 6. The fraction of sp³-hybridized carbons (Fsp3) is 0.0833. The van der Waals surface area contributed by atoms with E-state index in [1.54, 1.807) is 35.1 Å². The number of esters is 1. The third kappa shape index (κ3) is 5.09. The molecule has 4 rings (SSSR count). The maximum atomic E-state index is 12.8. The maximum absolute atomic E-state index is 12.8. The average molecular weight is 443 g/mol. The maximum Gasteiger partial charge on any atom is 0.342 e. The highest BCUT2D eigenvalue weighted by molar-refractivity contribution is 7.13. The van der Waals surface area contributed by atoms with Crippen molar-refractivity contribution in [1.82, 2.24) is 9.78 Å². The Morgan fingerprint density at radius 3 is 2.69 bits per heavy atom. The van der Waals surface area contributed by atoms with Crippen molar-refractivity contribution in [2.75, 3.05) is 11.9 Å². The van der Waals surface area contributed by atoms with Crippen LogP contribution < -0.4 is 5.32 Å². The molecule has 0 aliphatic heterocycles. The Morgan fingerprint density at radius 2 is 1.94 bits per heavy atom. The molecule has 2 aromatic heterocycles. The van der Waals surface area contributed by atoms with Crippen LogP contribution in [0.15, 0.2) is 78.3 Å². The van der Waals surface area contributed by atoms with Crippen LogP contribution in [0.25, 0.3) is 10.6 Å². The summed E-state index contributed by atoms with van der Waals surface area (Å²) in [5.41, 5.74) is 2.74. The smallest absolute Gasteiger partial charge is 0.342 e. The van der Waals surface area contributed by atoms with Crippen LogP contribution in [-0.4, -0.2) is 28.3 Å². The summed E-state index contributed by atoms with van der Waals surface area (Å²) in [6, 6.07) is 22.1. The molecule has 1 N–H and O–H groups in total. The van der Waals surface area contributed by atoms with Gasteiger partial charge in [-0.05, 0) is 35.2 Å². The molecule has 7 nitrogen and oxygen atoms in total. The van der Waals surface area contributed by atoms with Gasteiger partial charge in [0.05, 0.1) is 23.1 Å². The van der Waals surface area contributed by atoms with Crippen molar-refractivity contribution in [3.8, 4) is 16.6 Å². The molecule has 0 aliphatic rings. The van der Waals surface area contributed by atoms with E-state index >= 15 is 0 Å². The number of carbonyl (C=O) groups excluding carboxylic acids is 2. The lowest BCUT2D eigenvalue weighted by atomic mass is 10.2. The quantitative estimate of drug-likeness (QED) is 0.430. The highest BCUT2D eigenvalue weighted by atomic mass is 32.1. The number of rotatable bonds is 7. The molecule has 8 heteroatoms. The largest absolute Gasteiger partial charge is 0.452 e. The molecule has 2 heterocycles. The molecule has 0 unspecified atom stereocenters. The molecule has 2 aromatic carbocycles. The fourth-order valence-electron chi connectivity index (χ4n) is 3.09. The summed E-state index contributed by atoms with van der Waals surface area (Å²) in [7, 11) is 0. The van der Waals surface area contributed by atoms with Gasteiger partial charge in [-0.15, -0.1) is 11.3 Å². The van der Waals surface area contributed by atoms with E-state index in [1.165, 1.54) is 11.3 Å². The highest BCUT2D eigenvalue weighted by Crippen LogP contribution is 2.27. The van der Waals surface area contributed by atoms with Crippen molar-refractivity contribution in [3.63, 3.8) is 0 Å². The molecule has 0 aliphatic carbocycles. The summed E-state index contributed by atoms with van der Waals surface area (Å²) in [5.74, 6) is -1.13. The van der Waals surface area contributed by atoms with Gasteiger partial charge in [-0.3, -0.25) is 9.48 Å². The zero-order valence-corrected chi connectivity index (χ0v) is 17.7. The van der Waals surface area contributed by atoms with Gasteiger partial charge in [-0.1, -0.05) is 42.5 Å². The molecule has 0 spiro atoms. The van der Waals surface area contributed by atoms with Gasteiger partial charge in [-0.25, -0.2) is 4.79 Å². The average Bonchev–Trinajstić information content (AvgIpc) is 3.48. The van der Waals surface area contributed by atoms with Gasteiger partial charge in [0, 0.05) is 11.9 Å². The molecule has 0 atom stereocenters. The van der Waals surface area contributed by atoms with E-state index < -0.39 is 18.5 Å². The Labute approximate surface area is 188 Å². The molecule has 0 bridgehead atoms. The van der Waals surface area contributed by atoms with E-state index in [0.29, 0.717) is 29.1 Å². The number of anilines is 1. The molecule has 158 valence electrons. The number of benzene rings is 2. The monoisotopic (exact) mass is 442 g/mol. The first-order chi connectivity index (χ1) is 15.6. The molecular weight excluding hydrogens is 424 g/mol. The third-order valence-electron chi connectivity index (χ3n) is 4.53. The zero-order valence-electron chi connectivity index (χ0n) is 16.9. The molecule has 1 amide bonds. The van der Waals surface area contributed by atoms with E-state index in [0.717, 1.165) is 10.4 Å². The van der Waals surface area contributed by atoms with Crippen molar-refractivity contribution < 1.29 is 14.3 Å². The van der Waals surface area contributed by atoms with Crippen LogP contribution in [0, 0.1) is 11.3 Å². The Balaban J connectivity index is 1.47. The first-order valence-electron chi connectivity index (χ1n) is 9.75. The van der Waals surface area contributed by atoms with Gasteiger partial charge in [0.25, 0.3) is 5.91 Å². The number of nitriles is 1. The van der Waals surface area contributed by atoms with Crippen molar-refractivity contribution in [2.45, 2.75) is 6.54 Å². The first-order valence-corrected chi connectivity index (χ1v) is 10.6. The zero-order chi connectivity index (χ0) is 22.3. The van der Waals surface area contributed by atoms with E-state index in [1.807, 2.05) is 53.9 Å². The van der Waals surface area contributed by atoms with Crippen LogP contribution in [-0.2, 0) is 16.1 Å². The Morgan fingerprint density at radius 1 is 1.09 bits per heavy atom. The summed E-state index contributed by atoms with van der Waals surface area (Å²) < 4.78 is 6.95. The van der Waals surface area contributed by atoms with Gasteiger partial charge in [0.15, 0.2) is 6.61 Å². The van der Waals surface area contributed by atoms with Crippen LogP contribution >= 0.6 is 11.3 Å². The van der Waals surface area contributed by atoms with E-state index in [9.17, 15) is 9.59 Å². The van der Waals surface area contributed by atoms with E-state index in [2.05, 4.69) is 10.4 Å². The van der Waals surface area contributed by atoms with Crippen molar-refractivity contribution in [2.24, 2.45) is 0 Å². The van der Waals surface area contributed by atoms with Crippen LogP contribution in [0.3, 0.4) is 0 Å². The number of aromatic nitrogens is 2. The molecule has 0 radical (unpaired) electrons. The van der Waals surface area contributed by atoms with Crippen molar-refractivity contribution >= 4 is 28.9 Å². The normalized spacial score (nSPS) is 10.3. The summed E-state index contributed by atoms with van der Waals surface area (Å²) in [6.07, 6.45) is 1.64. The molecule has 0 fully saturated rings. The standard InChI is InChI=1S/C24H18N4O3S/c25-13-18-8-4-9-19(12-18)26-22(29)16-31-24(30)20-15-28(14-17-6-2-1-3-7-17)27-23(20)21-10-5-11-32-21/h1-12,15H,14,16H2,(H,26,29). The lowest BCUT2D eigenvalue weighted by Gasteiger charge is -2.06. The number of thiophene rings is 1. The number of carbonyl (C=O) groups is 2. The predicted molar refractivity (Wildman–Crippen MR) is 121 cm³/mol. The minimum absolute atomic E-state index is 0.294. The third-order valence-corrected chi connectivity index (χ3v) is 5.41. The Kier molecular flexibility index (Phi) is 6.39. The van der Waals surface area contributed by atoms with Gasteiger partial charge in [0.1, 0.15) is 11.3 Å². The number of ether oxygens (including phenoxy) is 1. The van der Waals surface area contributed by atoms with Gasteiger partial charge in [-0.2, -0.15) is 10.4 Å². The topological polar surface area (TPSA) is 97.0 Å². The van der Waals surface area contributed by atoms with E-state index in [-0.39, 0.29) is 0 Å². The molecular formula is C24H18N4O3S. The summed E-state index contributed by atoms with van der Waals surface area (Å²) in [6.45, 7) is 0.0472. The van der Waals surface area contributed by atoms with Crippen molar-refractivity contribution in [1.29, 1.82) is 5.26 Å². The molecule has 4 aromatic rings. The van der Waals surface area contributed by atoms with Gasteiger partial charge in [0.2, 0.25) is 0 Å². The second-order valence-electron chi connectivity index (χ2n) is 6.87. The summed E-state index contributed by atoms with van der Waals surface area (Å²) in [4.78, 5) is 25.8. The van der Waals surface area contributed by atoms with Crippen molar-refractivity contribution in [3.05, 3.63) is 95.0 Å². The Hall–Kier alpha value is -4.22. The highest BCUT2D eigenvalue weighted by Gasteiger charge is 2.21. The lowest BCUT2D eigenvalue weighted by Crippen LogP contribution is -2.21. The second-order valence-corrected chi connectivity index (χ2v) is 7.82. The Bertz CT molecular complexity index is 1270. The number of amides is 1. The predicted octanol–water partition coefficient (Wildman–Crippen LogP) is 4.33. The number of nitrogens with one attached hydrogen (secondary N) is 1. The van der Waals surface area contributed by atoms with E-state index in [4.69, 9.17) is 10.00 Å². The minimum Gasteiger partial charge on any atom is -0.452 e. The van der Waals surface area contributed by atoms with Crippen LogP contribution in [0.4, 0.5) is 5.69 Å². The summed E-state index contributed by atoms with van der Waals surface area (Å²) in [5, 5.41) is 18.1. The van der Waals surface area contributed by atoms with Crippen LogP contribution in [0.5, 0.6) is 0 Å². The molecule has 32 heavy (non-hydrogen) atoms. The molecule has 0 saturated heterocycles. The second kappa shape index (κ2) is 9.73. The SMILES string of the molecule is N#Cc1cccc(NC(=O)COC(=O)c2cn(Cc3ccccc3)nc2-c2cccs2)c1. The first kappa shape index (κ1) is 21.0. The fourth-order valence-corrected chi connectivity index (χ4v) is 3.81. The molecule has 0 saturated carbocycles. The van der Waals surface area contributed by atoms with Crippen LogP contribution in [0.1, 0.15) is 21.5 Å². The number of hydrogen-bond donors (Lipinski definition) is 1. The van der Waals surface area contributed by atoms with Crippen LogP contribution in [0.2, 0.25) is 0 Å².